The molecule has 0 unspecified atom stereocenters. The summed E-state index contributed by atoms with van der Waals surface area (Å²) in [6.07, 6.45) is 1.28. The van der Waals surface area contributed by atoms with Gasteiger partial charge >= 0.3 is 0 Å². The second-order valence-corrected chi connectivity index (χ2v) is 5.70. The maximum Gasteiger partial charge on any atom is 0.201 e. The number of nitrogens with one attached hydrogen (secondary N) is 2. The zero-order valence-corrected chi connectivity index (χ0v) is 13.7. The van der Waals surface area contributed by atoms with Crippen molar-refractivity contribution >= 4 is 22.8 Å². The molecule has 1 aromatic heterocycles. The van der Waals surface area contributed by atoms with E-state index >= 15 is 0 Å². The maximum absolute atomic E-state index is 12.5. The molecule has 3 N–H and O–H groups in total. The van der Waals surface area contributed by atoms with Crippen LogP contribution in [0.1, 0.15) is 28.4 Å². The molecule has 0 aliphatic heterocycles. The molecule has 0 amide bonds. The SMILES string of the molecule is CCc1ccc(C(=O)Cc2cccc3[nH]c(NCCO)nc23)cc1. The van der Waals surface area contributed by atoms with Gasteiger partial charge in [-0.25, -0.2) is 4.98 Å². The number of anilines is 1. The molecule has 0 aliphatic carbocycles. The molecule has 0 atom stereocenters. The van der Waals surface area contributed by atoms with E-state index in [-0.39, 0.29) is 12.4 Å². The van der Waals surface area contributed by atoms with Crippen molar-refractivity contribution in [2.75, 3.05) is 18.5 Å². The number of ketones is 1. The molecule has 0 saturated heterocycles. The van der Waals surface area contributed by atoms with E-state index in [1.165, 1.54) is 5.56 Å². The summed E-state index contributed by atoms with van der Waals surface area (Å²) >= 11 is 0. The van der Waals surface area contributed by atoms with E-state index in [9.17, 15) is 4.79 Å². The number of aromatic amines is 1. The van der Waals surface area contributed by atoms with Crippen LogP contribution in [0.4, 0.5) is 5.95 Å². The monoisotopic (exact) mass is 323 g/mol. The number of aliphatic hydroxyl groups is 1. The molecular formula is C19H21N3O2. The van der Waals surface area contributed by atoms with Gasteiger partial charge in [0.2, 0.25) is 5.95 Å². The Morgan fingerprint density at radius 1 is 1.21 bits per heavy atom. The number of Topliss-reactive ketones (excluding diaryl/α,β-unsaturated/α-hetero) is 1. The highest BCUT2D eigenvalue weighted by atomic mass is 16.3. The van der Waals surface area contributed by atoms with E-state index in [1.54, 1.807) is 0 Å². The van der Waals surface area contributed by atoms with Crippen molar-refractivity contribution < 1.29 is 9.90 Å². The summed E-state index contributed by atoms with van der Waals surface area (Å²) in [6, 6.07) is 13.5. The summed E-state index contributed by atoms with van der Waals surface area (Å²) < 4.78 is 0. The fraction of sp³-hybridized carbons (Fsp3) is 0.263. The summed E-state index contributed by atoms with van der Waals surface area (Å²) in [5.41, 5.74) is 4.50. The van der Waals surface area contributed by atoms with Crippen LogP contribution in [-0.4, -0.2) is 34.0 Å². The predicted molar refractivity (Wildman–Crippen MR) is 95.5 cm³/mol. The number of para-hydroxylation sites is 1. The number of benzene rings is 2. The Hall–Kier alpha value is -2.66. The summed E-state index contributed by atoms with van der Waals surface area (Å²) in [6.45, 7) is 2.56. The number of H-pyrrole nitrogens is 1. The van der Waals surface area contributed by atoms with Crippen LogP contribution in [0.3, 0.4) is 0 Å². The molecule has 0 saturated carbocycles. The quantitative estimate of drug-likeness (QED) is 0.584. The number of fused-ring (bicyclic) bond motifs is 1. The van der Waals surface area contributed by atoms with Crippen molar-refractivity contribution in [2.24, 2.45) is 0 Å². The number of imidazole rings is 1. The van der Waals surface area contributed by atoms with Crippen molar-refractivity contribution in [2.45, 2.75) is 19.8 Å². The summed E-state index contributed by atoms with van der Waals surface area (Å²) in [4.78, 5) is 20.2. The van der Waals surface area contributed by atoms with Gasteiger partial charge in [0.15, 0.2) is 5.78 Å². The molecule has 1 heterocycles. The van der Waals surface area contributed by atoms with Gasteiger partial charge in [-0.05, 0) is 23.6 Å². The lowest BCUT2D eigenvalue weighted by molar-refractivity contribution is 0.0993. The molecule has 0 spiro atoms. The van der Waals surface area contributed by atoms with Crippen LogP contribution in [0.15, 0.2) is 42.5 Å². The van der Waals surface area contributed by atoms with Crippen LogP contribution < -0.4 is 5.32 Å². The minimum atomic E-state index is 0.0378. The van der Waals surface area contributed by atoms with Crippen LogP contribution in [0.5, 0.6) is 0 Å². The average molecular weight is 323 g/mol. The Morgan fingerprint density at radius 3 is 2.71 bits per heavy atom. The molecule has 5 heteroatoms. The number of hydrogen-bond acceptors (Lipinski definition) is 4. The lowest BCUT2D eigenvalue weighted by Gasteiger charge is -2.04. The Bertz CT molecular complexity index is 837. The minimum absolute atomic E-state index is 0.0378. The summed E-state index contributed by atoms with van der Waals surface area (Å²) in [7, 11) is 0. The smallest absolute Gasteiger partial charge is 0.201 e. The predicted octanol–water partition coefficient (Wildman–Crippen LogP) is 2.95. The van der Waals surface area contributed by atoms with Gasteiger partial charge < -0.3 is 15.4 Å². The zero-order valence-electron chi connectivity index (χ0n) is 13.7. The van der Waals surface area contributed by atoms with E-state index in [1.807, 2.05) is 42.5 Å². The number of nitrogens with zero attached hydrogens (tertiary/aromatic N) is 1. The number of aliphatic hydroxyl groups excluding tert-OH is 1. The van der Waals surface area contributed by atoms with Crippen molar-refractivity contribution in [3.63, 3.8) is 0 Å². The lowest BCUT2D eigenvalue weighted by atomic mass is 10.0. The number of rotatable bonds is 7. The first-order valence-electron chi connectivity index (χ1n) is 8.15. The molecule has 0 bridgehead atoms. The topological polar surface area (TPSA) is 78.0 Å². The number of carbonyl (C=O) groups excluding carboxylic acids is 1. The summed E-state index contributed by atoms with van der Waals surface area (Å²) in [5.74, 6) is 0.685. The standard InChI is InChI=1S/C19H21N3O2/c1-2-13-6-8-14(9-7-13)17(24)12-15-4-3-5-16-18(15)22-19(21-16)20-10-11-23/h3-9,23H,2,10-12H2,1H3,(H2,20,21,22). The van der Waals surface area contributed by atoms with Gasteiger partial charge in [-0.15, -0.1) is 0 Å². The third kappa shape index (κ3) is 3.46. The molecule has 0 aliphatic rings. The van der Waals surface area contributed by atoms with Crippen LogP contribution in [0.2, 0.25) is 0 Å². The molecule has 24 heavy (non-hydrogen) atoms. The summed E-state index contributed by atoms with van der Waals surface area (Å²) in [5, 5.41) is 11.9. The van der Waals surface area contributed by atoms with Gasteiger partial charge in [0.05, 0.1) is 17.6 Å². The van der Waals surface area contributed by atoms with E-state index in [0.717, 1.165) is 28.6 Å². The third-order valence-electron chi connectivity index (χ3n) is 4.04. The van der Waals surface area contributed by atoms with Crippen molar-refractivity contribution in [3.8, 4) is 0 Å². The van der Waals surface area contributed by atoms with Crippen LogP contribution in [0, 0.1) is 0 Å². The molecule has 2 aromatic carbocycles. The average Bonchev–Trinajstić information content (AvgIpc) is 3.04. The highest BCUT2D eigenvalue weighted by Crippen LogP contribution is 2.20. The normalized spacial score (nSPS) is 10.9. The second kappa shape index (κ2) is 7.27. The van der Waals surface area contributed by atoms with Crippen LogP contribution in [-0.2, 0) is 12.8 Å². The van der Waals surface area contributed by atoms with Crippen LogP contribution >= 0.6 is 0 Å². The largest absolute Gasteiger partial charge is 0.395 e. The van der Waals surface area contributed by atoms with Gasteiger partial charge in [-0.2, -0.15) is 0 Å². The first-order chi connectivity index (χ1) is 11.7. The van der Waals surface area contributed by atoms with Gasteiger partial charge in [0.25, 0.3) is 0 Å². The van der Waals surface area contributed by atoms with Gasteiger partial charge in [0.1, 0.15) is 0 Å². The van der Waals surface area contributed by atoms with Crippen molar-refractivity contribution in [1.82, 2.24) is 9.97 Å². The van der Waals surface area contributed by atoms with E-state index in [2.05, 4.69) is 22.2 Å². The molecule has 3 rings (SSSR count). The first-order valence-corrected chi connectivity index (χ1v) is 8.15. The third-order valence-corrected chi connectivity index (χ3v) is 4.04. The minimum Gasteiger partial charge on any atom is -0.395 e. The van der Waals surface area contributed by atoms with Gasteiger partial charge in [-0.3, -0.25) is 4.79 Å². The fourth-order valence-corrected chi connectivity index (χ4v) is 2.69. The maximum atomic E-state index is 12.5. The van der Waals surface area contributed by atoms with E-state index in [4.69, 9.17) is 5.11 Å². The highest BCUT2D eigenvalue weighted by Gasteiger charge is 2.12. The highest BCUT2D eigenvalue weighted by molar-refractivity contribution is 5.99. The molecule has 5 nitrogen and oxygen atoms in total. The van der Waals surface area contributed by atoms with Crippen LogP contribution in [0.25, 0.3) is 11.0 Å². The fourth-order valence-electron chi connectivity index (χ4n) is 2.69. The van der Waals surface area contributed by atoms with E-state index < -0.39 is 0 Å². The number of aryl methyl sites for hydroxylation is 1. The van der Waals surface area contributed by atoms with Crippen molar-refractivity contribution in [3.05, 3.63) is 59.2 Å². The molecular weight excluding hydrogens is 302 g/mol. The lowest BCUT2D eigenvalue weighted by Crippen LogP contribution is -2.06. The number of carbonyl (C=O) groups is 1. The number of aromatic nitrogens is 2. The molecule has 124 valence electrons. The Labute approximate surface area is 140 Å². The van der Waals surface area contributed by atoms with Crippen molar-refractivity contribution in [1.29, 1.82) is 0 Å². The van der Waals surface area contributed by atoms with E-state index in [0.29, 0.717) is 18.9 Å². The molecule has 3 aromatic rings. The van der Waals surface area contributed by atoms with Gasteiger partial charge in [-0.1, -0.05) is 43.3 Å². The number of hydrogen-bond donors (Lipinski definition) is 3. The zero-order chi connectivity index (χ0) is 16.9. The molecule has 0 radical (unpaired) electrons. The first kappa shape index (κ1) is 16.2. The Kier molecular flexibility index (Phi) is 4.91. The Balaban J connectivity index is 1.83. The second-order valence-electron chi connectivity index (χ2n) is 5.70. The molecule has 0 fully saturated rings. The van der Waals surface area contributed by atoms with Gasteiger partial charge in [0, 0.05) is 18.5 Å². The Morgan fingerprint density at radius 2 is 2.00 bits per heavy atom.